The summed E-state index contributed by atoms with van der Waals surface area (Å²) in [7, 11) is 3.16. The van der Waals surface area contributed by atoms with Crippen LogP contribution in [0.15, 0.2) is 72.8 Å². The van der Waals surface area contributed by atoms with E-state index in [9.17, 15) is 24.4 Å². The van der Waals surface area contributed by atoms with Gasteiger partial charge in [0.1, 0.15) is 24.5 Å². The predicted octanol–water partition coefficient (Wildman–Crippen LogP) is 3.01. The third-order valence-electron chi connectivity index (χ3n) is 8.42. The number of nitrogens with one attached hydrogen (secondary N) is 1. The number of aromatic nitrogens is 1. The highest BCUT2D eigenvalue weighted by molar-refractivity contribution is 7.22. The number of rotatable bonds is 9. The number of thiazole rings is 1. The molecule has 14 nitrogen and oxygen atoms in total. The van der Waals surface area contributed by atoms with Gasteiger partial charge in [-0.2, -0.15) is 10.3 Å². The molecule has 2 aliphatic rings. The number of benzene rings is 3. The Morgan fingerprint density at radius 3 is 2.53 bits per heavy atom. The maximum absolute atomic E-state index is 14.3. The molecule has 5 amide bonds. The molecule has 4 aromatic rings. The molecular formula is C34H35N9O5S. The molecule has 2 fully saturated rings. The number of hydrogen-bond donors (Lipinski definition) is 2. The molecule has 0 saturated carbocycles. The summed E-state index contributed by atoms with van der Waals surface area (Å²) in [6.45, 7) is 0.0118. The zero-order valence-electron chi connectivity index (χ0n) is 27.0. The Morgan fingerprint density at radius 1 is 1.06 bits per heavy atom. The maximum Gasteiger partial charge on any atom is 0.414 e. The van der Waals surface area contributed by atoms with Crippen molar-refractivity contribution in [1.29, 1.82) is 5.26 Å². The molecule has 3 aromatic carbocycles. The Balaban J connectivity index is 1.30. The third-order valence-corrected chi connectivity index (χ3v) is 9.27. The third kappa shape index (κ3) is 7.10. The highest BCUT2D eigenvalue weighted by Gasteiger charge is 2.52. The number of hydrazine groups is 1. The van der Waals surface area contributed by atoms with Crippen molar-refractivity contribution in [1.82, 2.24) is 35.0 Å². The molecule has 3 N–H and O–H groups in total. The minimum atomic E-state index is -0.914. The SMILES string of the molecule is CN(C)C(=O)Oc1ccc(CC2C(=O)N(Cc3cccc4sc(N)nc34)C[C@H]3N2C(=O)CN3N(CC#N)C(=O)NCc2ccccc2)cc1. The van der Waals surface area contributed by atoms with Crippen LogP contribution in [-0.2, 0) is 29.1 Å². The van der Waals surface area contributed by atoms with Gasteiger partial charge < -0.3 is 30.5 Å². The second-order valence-electron chi connectivity index (χ2n) is 11.9. The fraction of sp³-hybridized carbons (Fsp3) is 0.294. The number of urea groups is 1. The average molecular weight is 682 g/mol. The monoisotopic (exact) mass is 681 g/mol. The van der Waals surface area contributed by atoms with Gasteiger partial charge in [-0.1, -0.05) is 65.9 Å². The first kappa shape index (κ1) is 33.2. The Kier molecular flexibility index (Phi) is 9.61. The predicted molar refractivity (Wildman–Crippen MR) is 181 cm³/mol. The second kappa shape index (κ2) is 14.2. The van der Waals surface area contributed by atoms with Crippen LogP contribution in [0.1, 0.15) is 16.7 Å². The van der Waals surface area contributed by atoms with E-state index in [2.05, 4.69) is 10.3 Å². The Labute approximate surface area is 286 Å². The van der Waals surface area contributed by atoms with E-state index >= 15 is 0 Å². The Bertz CT molecular complexity index is 1910. The largest absolute Gasteiger partial charge is 0.414 e. The topological polar surface area (TPSA) is 168 Å². The van der Waals surface area contributed by atoms with Gasteiger partial charge in [0.25, 0.3) is 0 Å². The highest BCUT2D eigenvalue weighted by atomic mass is 32.1. The molecule has 49 heavy (non-hydrogen) atoms. The minimum Gasteiger partial charge on any atom is -0.410 e. The number of amides is 5. The molecule has 15 heteroatoms. The summed E-state index contributed by atoms with van der Waals surface area (Å²) >= 11 is 1.36. The van der Waals surface area contributed by atoms with Gasteiger partial charge in [-0.15, -0.1) is 0 Å². The quantitative estimate of drug-likeness (QED) is 0.252. The smallest absolute Gasteiger partial charge is 0.410 e. The number of nitrogen functional groups attached to an aromatic ring is 1. The lowest BCUT2D eigenvalue weighted by atomic mass is 9.99. The van der Waals surface area contributed by atoms with Crippen molar-refractivity contribution in [3.63, 3.8) is 0 Å². The van der Waals surface area contributed by atoms with Crippen LogP contribution < -0.4 is 15.8 Å². The van der Waals surface area contributed by atoms with Gasteiger partial charge in [0.15, 0.2) is 5.13 Å². The van der Waals surface area contributed by atoms with Crippen molar-refractivity contribution in [2.24, 2.45) is 0 Å². The molecule has 2 aliphatic heterocycles. The highest BCUT2D eigenvalue weighted by Crippen LogP contribution is 2.32. The van der Waals surface area contributed by atoms with Gasteiger partial charge in [0.2, 0.25) is 11.8 Å². The number of fused-ring (bicyclic) bond motifs is 2. The molecule has 6 rings (SSSR count). The number of ether oxygens (including phenoxy) is 1. The van der Waals surface area contributed by atoms with Crippen LogP contribution in [0.4, 0.5) is 14.7 Å². The van der Waals surface area contributed by atoms with Crippen molar-refractivity contribution >= 4 is 50.6 Å². The molecule has 0 radical (unpaired) electrons. The van der Waals surface area contributed by atoms with E-state index in [-0.39, 0.29) is 51.0 Å². The number of carbonyl (C=O) groups excluding carboxylic acids is 4. The number of nitrogens with zero attached hydrogens (tertiary/aromatic N) is 7. The zero-order valence-corrected chi connectivity index (χ0v) is 27.8. The summed E-state index contributed by atoms with van der Waals surface area (Å²) in [6.07, 6.45) is -1.09. The first-order chi connectivity index (χ1) is 23.6. The first-order valence-corrected chi connectivity index (χ1v) is 16.4. The standard InChI is InChI=1S/C34H35N9O5S/c1-39(2)34(47)48-25-13-11-22(12-14-25)17-26-31(45)40(19-24-9-6-10-27-30(24)38-32(36)49-27)20-28-42(21-29(44)43(26)28)41(16-15-35)33(46)37-18-23-7-4-3-5-8-23/h3-14,26,28H,16-21H2,1-2H3,(H2,36,38)(H,37,46)/t26?,28-/m1/s1. The van der Waals surface area contributed by atoms with Crippen LogP contribution in [-0.4, -0.2) is 99.6 Å². The lowest BCUT2D eigenvalue weighted by Gasteiger charge is -2.46. The van der Waals surface area contributed by atoms with Crippen molar-refractivity contribution in [3.8, 4) is 11.8 Å². The number of hydrogen-bond acceptors (Lipinski definition) is 10. The minimum absolute atomic E-state index is 0.0877. The molecule has 1 aromatic heterocycles. The number of anilines is 1. The molecule has 1 unspecified atom stereocenters. The van der Waals surface area contributed by atoms with E-state index in [0.29, 0.717) is 16.4 Å². The Morgan fingerprint density at radius 2 is 1.82 bits per heavy atom. The maximum atomic E-state index is 14.3. The van der Waals surface area contributed by atoms with E-state index < -0.39 is 24.3 Å². The molecule has 3 heterocycles. The van der Waals surface area contributed by atoms with Crippen LogP contribution in [0.5, 0.6) is 5.75 Å². The first-order valence-electron chi connectivity index (χ1n) is 15.6. The number of nitriles is 1. The number of carbonyl (C=O) groups is 4. The van der Waals surface area contributed by atoms with Gasteiger partial charge in [0, 0.05) is 33.6 Å². The summed E-state index contributed by atoms with van der Waals surface area (Å²) in [6, 6.07) is 22.4. The molecule has 2 atom stereocenters. The summed E-state index contributed by atoms with van der Waals surface area (Å²) in [4.78, 5) is 62.6. The van der Waals surface area contributed by atoms with Crippen LogP contribution >= 0.6 is 11.3 Å². The van der Waals surface area contributed by atoms with E-state index in [1.54, 1.807) is 48.3 Å². The van der Waals surface area contributed by atoms with Crippen molar-refractivity contribution in [3.05, 3.63) is 89.5 Å². The summed E-state index contributed by atoms with van der Waals surface area (Å²) in [5.41, 5.74) is 9.12. The number of para-hydroxylation sites is 1. The Hall–Kier alpha value is -5.72. The molecule has 252 valence electrons. The zero-order chi connectivity index (χ0) is 34.7. The number of piperazine rings is 1. The van der Waals surface area contributed by atoms with Gasteiger partial charge in [-0.3, -0.25) is 9.59 Å². The average Bonchev–Trinajstić information content (AvgIpc) is 3.64. The fourth-order valence-electron chi connectivity index (χ4n) is 6.07. The van der Waals surface area contributed by atoms with Crippen LogP contribution in [0.3, 0.4) is 0 Å². The van der Waals surface area contributed by atoms with Gasteiger partial charge in [-0.05, 0) is 34.9 Å². The summed E-state index contributed by atoms with van der Waals surface area (Å²) < 4.78 is 6.23. The van der Waals surface area contributed by atoms with Crippen molar-refractivity contribution in [2.45, 2.75) is 31.7 Å². The van der Waals surface area contributed by atoms with Crippen molar-refractivity contribution in [2.75, 3.05) is 39.5 Å². The molecule has 0 bridgehead atoms. The van der Waals surface area contributed by atoms with Crippen LogP contribution in [0.25, 0.3) is 10.2 Å². The lowest BCUT2D eigenvalue weighted by Crippen LogP contribution is -2.66. The normalized spacial score (nSPS) is 17.5. The van der Waals surface area contributed by atoms with E-state index in [4.69, 9.17) is 10.5 Å². The second-order valence-corrected chi connectivity index (χ2v) is 13.0. The molecule has 2 saturated heterocycles. The van der Waals surface area contributed by atoms with E-state index in [1.165, 1.54) is 26.1 Å². The molecule has 0 aliphatic carbocycles. The van der Waals surface area contributed by atoms with Crippen molar-refractivity contribution < 1.29 is 23.9 Å². The number of nitrogens with two attached hydrogens (primary N) is 1. The van der Waals surface area contributed by atoms with Crippen LogP contribution in [0, 0.1) is 11.3 Å². The van der Waals surface area contributed by atoms with Gasteiger partial charge in [-0.25, -0.2) is 19.6 Å². The summed E-state index contributed by atoms with van der Waals surface area (Å²) in [5, 5.41) is 15.8. The van der Waals surface area contributed by atoms with Gasteiger partial charge >= 0.3 is 12.1 Å². The molecule has 0 spiro atoms. The molecular weight excluding hydrogens is 646 g/mol. The lowest BCUT2D eigenvalue weighted by molar-refractivity contribution is -0.157. The van der Waals surface area contributed by atoms with E-state index in [0.717, 1.165) is 21.4 Å². The van der Waals surface area contributed by atoms with Gasteiger partial charge in [0.05, 0.1) is 29.4 Å². The summed E-state index contributed by atoms with van der Waals surface area (Å²) in [5.74, 6) is -0.271. The van der Waals surface area contributed by atoms with Crippen LogP contribution in [0.2, 0.25) is 0 Å². The fourth-order valence-corrected chi connectivity index (χ4v) is 6.85. The van der Waals surface area contributed by atoms with E-state index in [1.807, 2.05) is 54.6 Å².